The summed E-state index contributed by atoms with van der Waals surface area (Å²) in [5.41, 5.74) is 4.41. The number of anilines is 1. The van der Waals surface area contributed by atoms with Crippen LogP contribution in [0.3, 0.4) is 0 Å². The molecule has 0 spiro atoms. The van der Waals surface area contributed by atoms with E-state index in [-0.39, 0.29) is 10.8 Å². The number of hydrogen-bond acceptors (Lipinski definition) is 7. The van der Waals surface area contributed by atoms with Gasteiger partial charge in [-0.2, -0.15) is 9.40 Å². The first kappa shape index (κ1) is 31.8. The summed E-state index contributed by atoms with van der Waals surface area (Å²) in [4.78, 5) is 31.0. The largest absolute Gasteiger partial charge is 0.313 e. The highest BCUT2D eigenvalue weighted by atomic mass is 32.2. The molecule has 0 saturated heterocycles. The van der Waals surface area contributed by atoms with Gasteiger partial charge in [-0.3, -0.25) is 14.5 Å². The fraction of sp³-hybridized carbons (Fsp3) is 0.364. The summed E-state index contributed by atoms with van der Waals surface area (Å²) in [6.45, 7) is 10.6. The average molecular weight is 634 g/mol. The van der Waals surface area contributed by atoms with E-state index >= 15 is 0 Å². The van der Waals surface area contributed by atoms with Crippen LogP contribution in [-0.2, 0) is 29.5 Å². The average Bonchev–Trinajstić information content (AvgIpc) is 3.55. The molecule has 1 N–H and O–H groups in total. The molecule has 232 valence electrons. The van der Waals surface area contributed by atoms with Crippen molar-refractivity contribution in [3.8, 4) is 0 Å². The van der Waals surface area contributed by atoms with Crippen molar-refractivity contribution in [2.75, 3.05) is 25.0 Å². The van der Waals surface area contributed by atoms with Gasteiger partial charge in [0.2, 0.25) is 10.0 Å². The molecule has 1 amide bonds. The number of aromatic nitrogens is 2. The molecule has 1 aliphatic heterocycles. The van der Waals surface area contributed by atoms with E-state index in [0.717, 1.165) is 47.8 Å². The van der Waals surface area contributed by atoms with Gasteiger partial charge in [-0.25, -0.2) is 13.1 Å². The minimum Gasteiger partial charge on any atom is -0.313 e. The maximum absolute atomic E-state index is 13.9. The number of carbonyl (C=O) groups is 2. The molecule has 2 aromatic heterocycles. The highest BCUT2D eigenvalue weighted by Gasteiger charge is 2.31. The summed E-state index contributed by atoms with van der Waals surface area (Å²) in [6.07, 6.45) is 2.35. The van der Waals surface area contributed by atoms with E-state index in [4.69, 9.17) is 0 Å². The quantitative estimate of drug-likeness (QED) is 0.222. The summed E-state index contributed by atoms with van der Waals surface area (Å²) < 4.78 is 29.2. The Morgan fingerprint density at radius 1 is 1.05 bits per heavy atom. The van der Waals surface area contributed by atoms with Crippen LogP contribution in [0.2, 0.25) is 0 Å². The second-order valence-electron chi connectivity index (χ2n) is 11.1. The second kappa shape index (κ2) is 13.6. The molecule has 2 aromatic carbocycles. The van der Waals surface area contributed by atoms with E-state index in [1.807, 2.05) is 52.0 Å². The fourth-order valence-corrected chi connectivity index (χ4v) is 8.34. The molecular formula is C33H39N5O4S2. The minimum absolute atomic E-state index is 0.150. The zero-order chi connectivity index (χ0) is 31.4. The molecule has 0 unspecified atom stereocenters. The van der Waals surface area contributed by atoms with Gasteiger partial charge in [-0.1, -0.05) is 50.6 Å². The lowest BCUT2D eigenvalue weighted by atomic mass is 10.0. The van der Waals surface area contributed by atoms with E-state index < -0.39 is 15.9 Å². The molecule has 9 nitrogen and oxygen atoms in total. The van der Waals surface area contributed by atoms with Crippen LogP contribution in [-0.4, -0.2) is 58.9 Å². The van der Waals surface area contributed by atoms with E-state index in [1.54, 1.807) is 0 Å². The number of benzene rings is 2. The Morgan fingerprint density at radius 2 is 1.77 bits per heavy atom. The van der Waals surface area contributed by atoms with Crippen molar-refractivity contribution in [3.63, 3.8) is 0 Å². The number of unbranched alkanes of at least 4 members (excludes halogenated alkanes) is 1. The Kier molecular flexibility index (Phi) is 9.79. The van der Waals surface area contributed by atoms with Crippen molar-refractivity contribution in [1.82, 2.24) is 19.0 Å². The molecule has 0 aliphatic carbocycles. The lowest BCUT2D eigenvalue weighted by molar-refractivity contribution is 0.0942. The highest BCUT2D eigenvalue weighted by Crippen LogP contribution is 2.38. The number of aryl methyl sites for hydroxylation is 2. The number of fused-ring (bicyclic) bond motifs is 1. The molecule has 0 atom stereocenters. The molecule has 0 saturated carbocycles. The predicted octanol–water partition coefficient (Wildman–Crippen LogP) is 5.87. The normalized spacial score (nSPS) is 13.7. The number of thiophene rings is 1. The van der Waals surface area contributed by atoms with Gasteiger partial charge >= 0.3 is 0 Å². The Hall–Kier alpha value is -3.64. The topological polar surface area (TPSA) is 105 Å². The monoisotopic (exact) mass is 633 g/mol. The van der Waals surface area contributed by atoms with E-state index in [0.29, 0.717) is 42.2 Å². The van der Waals surface area contributed by atoms with Crippen molar-refractivity contribution >= 4 is 38.2 Å². The maximum atomic E-state index is 13.9. The van der Waals surface area contributed by atoms with Crippen LogP contribution in [0.1, 0.15) is 74.8 Å². The van der Waals surface area contributed by atoms with Gasteiger partial charge in [0.15, 0.2) is 0 Å². The SMILES string of the molecule is CCCCN(CC)S(=O)(=O)c1ccc(C(=O)Nc2sc3c(c2C(=O)n2nc(C)cc2C)CCN(Cc2ccccc2)C3)cc1. The number of carbonyl (C=O) groups excluding carboxylic acids is 2. The lowest BCUT2D eigenvalue weighted by Crippen LogP contribution is -2.31. The van der Waals surface area contributed by atoms with Crippen molar-refractivity contribution in [3.05, 3.63) is 99.2 Å². The summed E-state index contributed by atoms with van der Waals surface area (Å²) in [5.74, 6) is -0.678. The first-order valence-corrected chi connectivity index (χ1v) is 17.3. The molecule has 0 fully saturated rings. The van der Waals surface area contributed by atoms with Crippen LogP contribution in [0.25, 0.3) is 0 Å². The zero-order valence-corrected chi connectivity index (χ0v) is 27.3. The van der Waals surface area contributed by atoms with Gasteiger partial charge in [-0.15, -0.1) is 11.3 Å². The smallest absolute Gasteiger partial charge is 0.281 e. The molecule has 0 bridgehead atoms. The standard InChI is InChI=1S/C33H39N5O4S2/c1-5-7-18-37(6-2)44(41,42)27-15-13-26(14-16-27)31(39)34-32-30(33(40)38-24(4)20-23(3)35-38)28-17-19-36(22-29(28)43-32)21-25-11-9-8-10-12-25/h8-16,20H,5-7,17-19,21-22H2,1-4H3,(H,34,39). The van der Waals surface area contributed by atoms with Gasteiger partial charge in [0, 0.05) is 48.9 Å². The van der Waals surface area contributed by atoms with Crippen LogP contribution in [0.15, 0.2) is 65.6 Å². The second-order valence-corrected chi connectivity index (χ2v) is 14.2. The third-order valence-electron chi connectivity index (χ3n) is 7.90. The Bertz CT molecular complexity index is 1740. The molecular weight excluding hydrogens is 595 g/mol. The van der Waals surface area contributed by atoms with Gasteiger partial charge in [0.25, 0.3) is 11.8 Å². The van der Waals surface area contributed by atoms with Crippen molar-refractivity contribution < 1.29 is 18.0 Å². The van der Waals surface area contributed by atoms with Gasteiger partial charge in [0.05, 0.1) is 16.2 Å². The highest BCUT2D eigenvalue weighted by molar-refractivity contribution is 7.89. The number of nitrogens with zero attached hydrogens (tertiary/aromatic N) is 4. The van der Waals surface area contributed by atoms with Crippen LogP contribution in [0.5, 0.6) is 0 Å². The molecule has 3 heterocycles. The molecule has 5 rings (SSSR count). The summed E-state index contributed by atoms with van der Waals surface area (Å²) in [6, 6.07) is 18.1. The number of hydrogen-bond donors (Lipinski definition) is 1. The van der Waals surface area contributed by atoms with Crippen LogP contribution in [0, 0.1) is 13.8 Å². The van der Waals surface area contributed by atoms with Gasteiger partial charge in [0.1, 0.15) is 5.00 Å². The third kappa shape index (κ3) is 6.71. The van der Waals surface area contributed by atoms with Gasteiger partial charge in [-0.05, 0) is 68.1 Å². The Balaban J connectivity index is 1.42. The minimum atomic E-state index is -3.66. The lowest BCUT2D eigenvalue weighted by Gasteiger charge is -2.27. The number of sulfonamides is 1. The first-order valence-electron chi connectivity index (χ1n) is 15.0. The third-order valence-corrected chi connectivity index (χ3v) is 11.0. The number of amides is 1. The van der Waals surface area contributed by atoms with E-state index in [2.05, 4.69) is 27.4 Å². The van der Waals surface area contributed by atoms with Crippen molar-refractivity contribution in [2.45, 2.75) is 64.9 Å². The van der Waals surface area contributed by atoms with Crippen molar-refractivity contribution in [1.29, 1.82) is 0 Å². The summed E-state index contributed by atoms with van der Waals surface area (Å²) >= 11 is 1.42. The van der Waals surface area contributed by atoms with Crippen molar-refractivity contribution in [2.24, 2.45) is 0 Å². The van der Waals surface area contributed by atoms with Crippen LogP contribution >= 0.6 is 11.3 Å². The molecule has 1 aliphatic rings. The van der Waals surface area contributed by atoms with E-state index in [9.17, 15) is 18.0 Å². The molecule has 44 heavy (non-hydrogen) atoms. The fourth-order valence-electron chi connectivity index (χ4n) is 5.57. The van der Waals surface area contributed by atoms with Gasteiger partial charge < -0.3 is 5.32 Å². The predicted molar refractivity (Wildman–Crippen MR) is 174 cm³/mol. The Labute approximate surface area is 263 Å². The number of rotatable bonds is 11. The van der Waals surface area contributed by atoms with Crippen LogP contribution in [0.4, 0.5) is 5.00 Å². The number of nitrogens with one attached hydrogen (secondary N) is 1. The zero-order valence-electron chi connectivity index (χ0n) is 25.7. The molecule has 0 radical (unpaired) electrons. The van der Waals surface area contributed by atoms with E-state index in [1.165, 1.54) is 50.2 Å². The summed E-state index contributed by atoms with van der Waals surface area (Å²) in [5, 5.41) is 7.89. The maximum Gasteiger partial charge on any atom is 0.281 e. The molecule has 4 aromatic rings. The van der Waals surface area contributed by atoms with Crippen LogP contribution < -0.4 is 5.32 Å². The molecule has 11 heteroatoms. The Morgan fingerprint density at radius 3 is 2.41 bits per heavy atom. The first-order chi connectivity index (χ1) is 21.1. The summed E-state index contributed by atoms with van der Waals surface area (Å²) in [7, 11) is -3.66.